The molecule has 4 nitrogen and oxygen atoms in total. The minimum absolute atomic E-state index is 0.0128. The topological polar surface area (TPSA) is 61.7 Å². The van der Waals surface area contributed by atoms with Crippen LogP contribution in [0.4, 0.5) is 0 Å². The third kappa shape index (κ3) is 8.84. The van der Waals surface area contributed by atoms with Crippen molar-refractivity contribution in [1.82, 2.24) is 5.32 Å². The van der Waals surface area contributed by atoms with E-state index in [4.69, 9.17) is 4.74 Å². The van der Waals surface area contributed by atoms with Crippen molar-refractivity contribution < 1.29 is 14.9 Å². The number of hydrogen-bond acceptors (Lipinski definition) is 5. The summed E-state index contributed by atoms with van der Waals surface area (Å²) < 4.78 is 5.73. The largest absolute Gasteiger partial charge is 0.392 e. The van der Waals surface area contributed by atoms with Crippen LogP contribution in [0.15, 0.2) is 35.7 Å². The molecule has 28 heavy (non-hydrogen) atoms. The van der Waals surface area contributed by atoms with Crippen molar-refractivity contribution in [3.05, 3.63) is 57.3 Å². The van der Waals surface area contributed by atoms with Crippen LogP contribution in [0.25, 0.3) is 0 Å². The first-order chi connectivity index (χ1) is 13.8. The van der Waals surface area contributed by atoms with Gasteiger partial charge in [0.2, 0.25) is 0 Å². The van der Waals surface area contributed by atoms with Gasteiger partial charge in [0.25, 0.3) is 0 Å². The molecule has 1 heterocycles. The molecular weight excluding hydrogens is 370 g/mol. The molecule has 0 fully saturated rings. The lowest BCUT2D eigenvalue weighted by molar-refractivity contribution is 0.126. The molecule has 1 aromatic heterocycles. The van der Waals surface area contributed by atoms with E-state index in [0.717, 1.165) is 55.7 Å². The highest BCUT2D eigenvalue weighted by Crippen LogP contribution is 2.15. The summed E-state index contributed by atoms with van der Waals surface area (Å²) in [5.74, 6) is 0. The molecule has 0 bridgehead atoms. The molecule has 3 N–H and O–H groups in total. The van der Waals surface area contributed by atoms with Gasteiger partial charge in [0.05, 0.1) is 13.2 Å². The average Bonchev–Trinajstić information content (AvgIpc) is 3.24. The third-order valence-corrected chi connectivity index (χ3v) is 5.88. The second-order valence-electron chi connectivity index (χ2n) is 7.11. The van der Waals surface area contributed by atoms with Crippen LogP contribution < -0.4 is 5.32 Å². The Morgan fingerprint density at radius 2 is 1.54 bits per heavy atom. The maximum atomic E-state index is 9.45. The van der Waals surface area contributed by atoms with Crippen molar-refractivity contribution in [3.63, 3.8) is 0 Å². The Hall–Kier alpha value is -1.24. The summed E-state index contributed by atoms with van der Waals surface area (Å²) in [6, 6.07) is 10.0. The summed E-state index contributed by atoms with van der Waals surface area (Å²) in [6.07, 6.45) is 8.20. The van der Waals surface area contributed by atoms with Gasteiger partial charge < -0.3 is 20.3 Å². The molecule has 2 aromatic rings. The standard InChI is InChI=1S/C23H35NO3S/c25-18-20-9-7-10-21(19-26)23(20)17-24-13-4-1-2-5-14-27-15-6-3-11-22-12-8-16-28-22/h7-10,12,16,24-26H,1-6,11,13-15,17-19H2. The van der Waals surface area contributed by atoms with Crippen LogP contribution in [-0.2, 0) is 30.9 Å². The predicted octanol–water partition coefficient (Wildman–Crippen LogP) is 4.42. The fraction of sp³-hybridized carbons (Fsp3) is 0.565. The normalized spacial score (nSPS) is 11.2. The van der Waals surface area contributed by atoms with E-state index in [-0.39, 0.29) is 13.2 Å². The van der Waals surface area contributed by atoms with Crippen LogP contribution in [-0.4, -0.2) is 30.0 Å². The van der Waals surface area contributed by atoms with Gasteiger partial charge in [-0.15, -0.1) is 11.3 Å². The fourth-order valence-corrected chi connectivity index (χ4v) is 4.04. The average molecular weight is 406 g/mol. The predicted molar refractivity (Wildman–Crippen MR) is 117 cm³/mol. The van der Waals surface area contributed by atoms with Gasteiger partial charge >= 0.3 is 0 Å². The number of hydrogen-bond donors (Lipinski definition) is 3. The highest BCUT2D eigenvalue weighted by atomic mass is 32.1. The number of unbranched alkanes of at least 4 members (excludes halogenated alkanes) is 4. The van der Waals surface area contributed by atoms with E-state index in [0.29, 0.717) is 6.54 Å². The number of aliphatic hydroxyl groups is 2. The number of thiophene rings is 1. The molecule has 0 radical (unpaired) electrons. The molecule has 0 aliphatic heterocycles. The SMILES string of the molecule is OCc1cccc(CO)c1CNCCCCCCOCCCCc1cccs1. The zero-order valence-corrected chi connectivity index (χ0v) is 17.7. The van der Waals surface area contributed by atoms with Crippen LogP contribution in [0, 0.1) is 0 Å². The minimum atomic E-state index is 0.0128. The summed E-state index contributed by atoms with van der Waals surface area (Å²) in [4.78, 5) is 1.47. The Morgan fingerprint density at radius 1 is 0.821 bits per heavy atom. The quantitative estimate of drug-likeness (QED) is 0.362. The van der Waals surface area contributed by atoms with Gasteiger partial charge in [0.1, 0.15) is 0 Å². The van der Waals surface area contributed by atoms with E-state index in [1.807, 2.05) is 29.5 Å². The van der Waals surface area contributed by atoms with Gasteiger partial charge in [0.15, 0.2) is 0 Å². The summed E-state index contributed by atoms with van der Waals surface area (Å²) in [6.45, 7) is 3.42. The lowest BCUT2D eigenvalue weighted by Crippen LogP contribution is -2.17. The minimum Gasteiger partial charge on any atom is -0.392 e. The van der Waals surface area contributed by atoms with Gasteiger partial charge in [-0.05, 0) is 66.8 Å². The van der Waals surface area contributed by atoms with Crippen LogP contribution in [0.2, 0.25) is 0 Å². The van der Waals surface area contributed by atoms with Gasteiger partial charge in [0, 0.05) is 24.6 Å². The highest BCUT2D eigenvalue weighted by Gasteiger charge is 2.06. The Balaban J connectivity index is 1.41. The summed E-state index contributed by atoms with van der Waals surface area (Å²) in [7, 11) is 0. The second-order valence-corrected chi connectivity index (χ2v) is 8.14. The van der Waals surface area contributed by atoms with Gasteiger partial charge in [-0.1, -0.05) is 37.1 Å². The molecular formula is C23H35NO3S. The van der Waals surface area contributed by atoms with Crippen molar-refractivity contribution >= 4 is 11.3 Å². The molecule has 0 aliphatic rings. The number of ether oxygens (including phenoxy) is 1. The number of rotatable bonds is 16. The van der Waals surface area contributed by atoms with Crippen molar-refractivity contribution in [2.75, 3.05) is 19.8 Å². The van der Waals surface area contributed by atoms with Gasteiger partial charge in [-0.25, -0.2) is 0 Å². The third-order valence-electron chi connectivity index (χ3n) is 4.95. The van der Waals surface area contributed by atoms with Crippen LogP contribution in [0.1, 0.15) is 60.1 Å². The molecule has 156 valence electrons. The molecule has 0 saturated heterocycles. The summed E-state index contributed by atoms with van der Waals surface area (Å²) in [5.41, 5.74) is 2.82. The molecule has 0 spiro atoms. The maximum Gasteiger partial charge on any atom is 0.0685 e. The molecule has 5 heteroatoms. The maximum absolute atomic E-state index is 9.45. The Bertz CT molecular complexity index is 609. The van der Waals surface area contributed by atoms with Crippen molar-refractivity contribution in [1.29, 1.82) is 0 Å². The summed E-state index contributed by atoms with van der Waals surface area (Å²) >= 11 is 1.84. The number of aliphatic hydroxyl groups excluding tert-OH is 2. The van der Waals surface area contributed by atoms with E-state index < -0.39 is 0 Å². The van der Waals surface area contributed by atoms with E-state index in [1.54, 1.807) is 0 Å². The first kappa shape index (κ1) is 23.0. The van der Waals surface area contributed by atoms with Crippen LogP contribution in [0.5, 0.6) is 0 Å². The monoisotopic (exact) mass is 405 g/mol. The van der Waals surface area contributed by atoms with E-state index in [1.165, 1.54) is 30.6 Å². The Labute approximate surface area is 173 Å². The van der Waals surface area contributed by atoms with Crippen molar-refractivity contribution in [2.45, 2.75) is 64.7 Å². The molecule has 0 atom stereocenters. The summed E-state index contributed by atoms with van der Waals surface area (Å²) in [5, 5.41) is 24.5. The highest BCUT2D eigenvalue weighted by molar-refractivity contribution is 7.09. The first-order valence-corrected chi connectivity index (χ1v) is 11.3. The molecule has 2 rings (SSSR count). The van der Waals surface area contributed by atoms with Crippen LogP contribution >= 0.6 is 11.3 Å². The van der Waals surface area contributed by atoms with Gasteiger partial charge in [-0.2, -0.15) is 0 Å². The van der Waals surface area contributed by atoms with Gasteiger partial charge in [-0.3, -0.25) is 0 Å². The smallest absolute Gasteiger partial charge is 0.0685 e. The van der Waals surface area contributed by atoms with E-state index in [9.17, 15) is 10.2 Å². The Morgan fingerprint density at radius 3 is 2.21 bits per heavy atom. The molecule has 0 aliphatic carbocycles. The zero-order valence-electron chi connectivity index (χ0n) is 16.9. The van der Waals surface area contributed by atoms with E-state index in [2.05, 4.69) is 22.8 Å². The number of aryl methyl sites for hydroxylation is 1. The first-order valence-electron chi connectivity index (χ1n) is 10.5. The molecule has 0 saturated carbocycles. The molecule has 1 aromatic carbocycles. The number of benzene rings is 1. The Kier molecular flexibility index (Phi) is 12.1. The molecule has 0 unspecified atom stereocenters. The van der Waals surface area contributed by atoms with Crippen LogP contribution in [0.3, 0.4) is 0 Å². The molecule has 0 amide bonds. The second kappa shape index (κ2) is 14.7. The fourth-order valence-electron chi connectivity index (χ4n) is 3.29. The number of nitrogens with one attached hydrogen (secondary N) is 1. The lowest BCUT2D eigenvalue weighted by Gasteiger charge is -2.13. The van der Waals surface area contributed by atoms with E-state index >= 15 is 0 Å². The lowest BCUT2D eigenvalue weighted by atomic mass is 10.0. The van der Waals surface area contributed by atoms with Crippen molar-refractivity contribution in [2.24, 2.45) is 0 Å². The van der Waals surface area contributed by atoms with Crippen molar-refractivity contribution in [3.8, 4) is 0 Å². The zero-order chi connectivity index (χ0) is 19.9.